The van der Waals surface area contributed by atoms with Crippen molar-refractivity contribution in [2.24, 2.45) is 5.92 Å². The lowest BCUT2D eigenvalue weighted by Crippen LogP contribution is -2.35. The molecule has 0 bridgehead atoms. The van der Waals surface area contributed by atoms with Gasteiger partial charge in [-0.1, -0.05) is 6.42 Å². The van der Waals surface area contributed by atoms with E-state index < -0.39 is 5.60 Å². The number of amides is 1. The number of nitrogens with zero attached hydrogens (tertiary/aromatic N) is 1. The molecule has 0 aromatic heterocycles. The summed E-state index contributed by atoms with van der Waals surface area (Å²) >= 11 is 0. The molecule has 1 N–H and O–H groups in total. The van der Waals surface area contributed by atoms with Gasteiger partial charge in [-0.25, -0.2) is 0 Å². The summed E-state index contributed by atoms with van der Waals surface area (Å²) in [4.78, 5) is 14.0. The number of likely N-dealkylation sites (tertiary alicyclic amines) is 1. The van der Waals surface area contributed by atoms with Crippen molar-refractivity contribution in [3.05, 3.63) is 0 Å². The van der Waals surface area contributed by atoms with Crippen LogP contribution in [0.3, 0.4) is 0 Å². The van der Waals surface area contributed by atoms with Crippen molar-refractivity contribution in [3.8, 4) is 0 Å². The molecule has 1 amide bonds. The quantitative estimate of drug-likeness (QED) is 0.780. The monoisotopic (exact) mass is 225 g/mol. The third kappa shape index (κ3) is 2.97. The van der Waals surface area contributed by atoms with Crippen LogP contribution in [0.5, 0.6) is 0 Å². The first-order valence-electron chi connectivity index (χ1n) is 6.57. The van der Waals surface area contributed by atoms with E-state index in [4.69, 9.17) is 0 Å². The fraction of sp³-hybridized carbons (Fsp3) is 0.923. The van der Waals surface area contributed by atoms with Gasteiger partial charge in [0.15, 0.2) is 0 Å². The minimum atomic E-state index is -0.564. The van der Waals surface area contributed by atoms with Crippen LogP contribution >= 0.6 is 0 Å². The van der Waals surface area contributed by atoms with Crippen molar-refractivity contribution >= 4 is 5.91 Å². The summed E-state index contributed by atoms with van der Waals surface area (Å²) in [6.07, 6.45) is 6.98. The summed E-state index contributed by atoms with van der Waals surface area (Å²) < 4.78 is 0. The van der Waals surface area contributed by atoms with Gasteiger partial charge in [0.1, 0.15) is 0 Å². The Morgan fingerprint density at radius 3 is 2.69 bits per heavy atom. The molecule has 0 radical (unpaired) electrons. The molecule has 0 aromatic rings. The highest BCUT2D eigenvalue weighted by molar-refractivity contribution is 5.76. The van der Waals surface area contributed by atoms with E-state index in [9.17, 15) is 9.90 Å². The topological polar surface area (TPSA) is 40.5 Å². The van der Waals surface area contributed by atoms with Gasteiger partial charge in [0.2, 0.25) is 5.91 Å². The highest BCUT2D eigenvalue weighted by Crippen LogP contribution is 2.30. The number of hydrogen-bond donors (Lipinski definition) is 1. The van der Waals surface area contributed by atoms with Crippen LogP contribution in [0.15, 0.2) is 0 Å². The van der Waals surface area contributed by atoms with Gasteiger partial charge in [-0.2, -0.15) is 0 Å². The van der Waals surface area contributed by atoms with Crippen LogP contribution in [0.2, 0.25) is 0 Å². The second kappa shape index (κ2) is 4.74. The van der Waals surface area contributed by atoms with Crippen LogP contribution < -0.4 is 0 Å². The summed E-state index contributed by atoms with van der Waals surface area (Å²) in [6.45, 7) is 3.45. The Morgan fingerprint density at radius 2 is 2.06 bits per heavy atom. The van der Waals surface area contributed by atoms with Crippen LogP contribution in [0.25, 0.3) is 0 Å². The Bertz CT molecular complexity index is 259. The molecule has 3 nitrogen and oxygen atoms in total. The van der Waals surface area contributed by atoms with Gasteiger partial charge in [0.05, 0.1) is 5.60 Å². The SMILES string of the molecule is CC1(O)CCCN(C(=O)CC2CCC2)CC1. The number of hydrogen-bond acceptors (Lipinski definition) is 2. The van der Waals surface area contributed by atoms with Gasteiger partial charge in [0, 0.05) is 19.5 Å². The van der Waals surface area contributed by atoms with Crippen LogP contribution in [-0.4, -0.2) is 34.6 Å². The van der Waals surface area contributed by atoms with Crippen LogP contribution in [0.4, 0.5) is 0 Å². The van der Waals surface area contributed by atoms with Crippen molar-refractivity contribution in [1.82, 2.24) is 4.90 Å². The molecular formula is C13H23NO2. The maximum Gasteiger partial charge on any atom is 0.222 e. The first-order chi connectivity index (χ1) is 7.57. The Labute approximate surface area is 97.8 Å². The zero-order valence-corrected chi connectivity index (χ0v) is 10.2. The van der Waals surface area contributed by atoms with E-state index in [1.807, 2.05) is 11.8 Å². The summed E-state index contributed by atoms with van der Waals surface area (Å²) in [5.74, 6) is 0.957. The molecule has 0 aromatic carbocycles. The van der Waals surface area contributed by atoms with Crippen molar-refractivity contribution in [2.75, 3.05) is 13.1 Å². The Morgan fingerprint density at radius 1 is 1.31 bits per heavy atom. The second-order valence-corrected chi connectivity index (χ2v) is 5.73. The highest BCUT2D eigenvalue weighted by Gasteiger charge is 2.29. The van der Waals surface area contributed by atoms with Crippen molar-refractivity contribution < 1.29 is 9.90 Å². The molecule has 1 aliphatic carbocycles. The molecule has 1 aliphatic heterocycles. The predicted octanol–water partition coefficient (Wildman–Crippen LogP) is 1.94. The molecule has 1 unspecified atom stereocenters. The zero-order chi connectivity index (χ0) is 11.6. The minimum Gasteiger partial charge on any atom is -0.390 e. The predicted molar refractivity (Wildman–Crippen MR) is 63.0 cm³/mol. The third-order valence-corrected chi connectivity index (χ3v) is 4.10. The number of carbonyl (C=O) groups excluding carboxylic acids is 1. The molecule has 1 atom stereocenters. The van der Waals surface area contributed by atoms with E-state index in [0.717, 1.165) is 38.8 Å². The van der Waals surface area contributed by atoms with Crippen molar-refractivity contribution in [3.63, 3.8) is 0 Å². The highest BCUT2D eigenvalue weighted by atomic mass is 16.3. The second-order valence-electron chi connectivity index (χ2n) is 5.73. The molecule has 92 valence electrons. The summed E-state index contributed by atoms with van der Waals surface area (Å²) in [6, 6.07) is 0. The van der Waals surface area contributed by atoms with Crippen molar-refractivity contribution in [2.45, 2.75) is 57.5 Å². The molecule has 3 heteroatoms. The Hall–Kier alpha value is -0.570. The first kappa shape index (κ1) is 11.9. The average Bonchev–Trinajstić information content (AvgIpc) is 2.33. The standard InChI is InChI=1S/C13H23NO2/c1-13(16)6-3-8-14(9-7-13)12(15)10-11-4-2-5-11/h11,16H,2-10H2,1H3. The lowest BCUT2D eigenvalue weighted by molar-refractivity contribution is -0.132. The van der Waals surface area contributed by atoms with E-state index in [0.29, 0.717) is 11.8 Å². The molecule has 1 saturated carbocycles. The largest absolute Gasteiger partial charge is 0.390 e. The van der Waals surface area contributed by atoms with E-state index in [1.165, 1.54) is 19.3 Å². The molecule has 16 heavy (non-hydrogen) atoms. The number of rotatable bonds is 2. The van der Waals surface area contributed by atoms with Crippen LogP contribution in [-0.2, 0) is 4.79 Å². The van der Waals surface area contributed by atoms with E-state index in [1.54, 1.807) is 0 Å². The number of carbonyl (C=O) groups is 1. The normalized spacial score (nSPS) is 32.0. The average molecular weight is 225 g/mol. The van der Waals surface area contributed by atoms with E-state index >= 15 is 0 Å². The van der Waals surface area contributed by atoms with E-state index in [2.05, 4.69) is 0 Å². The Kier molecular flexibility index (Phi) is 3.53. The van der Waals surface area contributed by atoms with Gasteiger partial charge in [-0.15, -0.1) is 0 Å². The van der Waals surface area contributed by atoms with Gasteiger partial charge in [-0.3, -0.25) is 4.79 Å². The fourth-order valence-corrected chi connectivity index (χ4v) is 2.59. The Balaban J connectivity index is 1.81. The molecule has 2 rings (SSSR count). The van der Waals surface area contributed by atoms with Crippen LogP contribution in [0, 0.1) is 5.92 Å². The zero-order valence-electron chi connectivity index (χ0n) is 10.2. The molecular weight excluding hydrogens is 202 g/mol. The molecule has 0 spiro atoms. The smallest absolute Gasteiger partial charge is 0.222 e. The molecule has 1 heterocycles. The summed E-state index contributed by atoms with van der Waals surface area (Å²) in [5.41, 5.74) is -0.564. The van der Waals surface area contributed by atoms with Gasteiger partial charge < -0.3 is 10.0 Å². The maximum atomic E-state index is 12.0. The van der Waals surface area contributed by atoms with E-state index in [-0.39, 0.29) is 0 Å². The molecule has 1 saturated heterocycles. The maximum absolute atomic E-state index is 12.0. The van der Waals surface area contributed by atoms with Crippen LogP contribution in [0.1, 0.15) is 51.9 Å². The summed E-state index contributed by atoms with van der Waals surface area (Å²) in [7, 11) is 0. The lowest BCUT2D eigenvalue weighted by atomic mass is 9.82. The fourth-order valence-electron chi connectivity index (χ4n) is 2.59. The lowest BCUT2D eigenvalue weighted by Gasteiger charge is -2.28. The van der Waals surface area contributed by atoms with Gasteiger partial charge in [0.25, 0.3) is 0 Å². The minimum absolute atomic E-state index is 0.308. The number of aliphatic hydroxyl groups is 1. The molecule has 2 aliphatic rings. The van der Waals surface area contributed by atoms with Crippen molar-refractivity contribution in [1.29, 1.82) is 0 Å². The molecule has 2 fully saturated rings. The third-order valence-electron chi connectivity index (χ3n) is 4.10. The van der Waals surface area contributed by atoms with Gasteiger partial charge >= 0.3 is 0 Å². The van der Waals surface area contributed by atoms with Gasteiger partial charge in [-0.05, 0) is 44.9 Å². The first-order valence-corrected chi connectivity index (χ1v) is 6.57. The summed E-state index contributed by atoms with van der Waals surface area (Å²) in [5, 5.41) is 9.96.